The lowest BCUT2D eigenvalue weighted by Crippen LogP contribution is -2.51. The molecule has 0 spiro atoms. The van der Waals surface area contributed by atoms with Gasteiger partial charge in [0.2, 0.25) is 0 Å². The van der Waals surface area contributed by atoms with Gasteiger partial charge in [-0.15, -0.1) is 0 Å². The minimum Gasteiger partial charge on any atom is -0.369 e. The zero-order valence-electron chi connectivity index (χ0n) is 13.5. The Morgan fingerprint density at radius 2 is 2.14 bits per heavy atom. The summed E-state index contributed by atoms with van der Waals surface area (Å²) in [4.78, 5) is 14.8. The van der Waals surface area contributed by atoms with Crippen LogP contribution in [0.1, 0.15) is 45.2 Å². The first-order valence-corrected chi connectivity index (χ1v) is 7.76. The number of carbonyl (C=O) groups excluding carboxylic acids is 1. The predicted molar refractivity (Wildman–Crippen MR) is 85.5 cm³/mol. The first-order chi connectivity index (χ1) is 10.1. The van der Waals surface area contributed by atoms with E-state index in [-0.39, 0.29) is 5.91 Å². The summed E-state index contributed by atoms with van der Waals surface area (Å²) in [5.41, 5.74) is 1.46. The van der Waals surface area contributed by atoms with Crippen LogP contribution in [0.5, 0.6) is 0 Å². The molecule has 0 aromatic heterocycles. The van der Waals surface area contributed by atoms with E-state index in [9.17, 15) is 4.79 Å². The maximum atomic E-state index is 12.9. The quantitative estimate of drug-likeness (QED) is 0.906. The Hall–Kier alpha value is -1.39. The number of anilines is 1. The number of rotatable bonds is 5. The molecule has 1 aliphatic rings. The second kappa shape index (κ2) is 6.58. The van der Waals surface area contributed by atoms with Crippen LogP contribution in [0.3, 0.4) is 0 Å². The van der Waals surface area contributed by atoms with Gasteiger partial charge < -0.3 is 15.0 Å². The summed E-state index contributed by atoms with van der Waals surface area (Å²) in [6, 6.07) is 8.49. The molecule has 0 saturated carbocycles. The van der Waals surface area contributed by atoms with Crippen molar-refractivity contribution in [1.29, 1.82) is 0 Å². The summed E-state index contributed by atoms with van der Waals surface area (Å²) >= 11 is 0. The Kier molecular flexibility index (Phi) is 5.01. The van der Waals surface area contributed by atoms with Crippen LogP contribution in [-0.4, -0.2) is 31.7 Å². The van der Waals surface area contributed by atoms with E-state index in [1.165, 1.54) is 5.56 Å². The number of fused-ring (bicyclic) bond motifs is 1. The molecule has 0 bridgehead atoms. The van der Waals surface area contributed by atoms with Crippen LogP contribution >= 0.6 is 0 Å². The van der Waals surface area contributed by atoms with Gasteiger partial charge in [-0.2, -0.15) is 0 Å². The standard InChI is InChI=1S/C17H26N2O2/c1-5-17(3,21-4)16(20)19-12-11-14(18-6-2)13-9-7-8-10-15(13)19/h7-10,14,18H,5-6,11-12H2,1-4H3. The lowest BCUT2D eigenvalue weighted by atomic mass is 9.93. The van der Waals surface area contributed by atoms with Gasteiger partial charge in [0.1, 0.15) is 5.60 Å². The van der Waals surface area contributed by atoms with Crippen LogP contribution in [0.15, 0.2) is 24.3 Å². The Labute approximate surface area is 127 Å². The van der Waals surface area contributed by atoms with Crippen molar-refractivity contribution in [3.8, 4) is 0 Å². The Morgan fingerprint density at radius 1 is 1.43 bits per heavy atom. The van der Waals surface area contributed by atoms with Crippen LogP contribution in [-0.2, 0) is 9.53 Å². The van der Waals surface area contributed by atoms with Gasteiger partial charge >= 0.3 is 0 Å². The van der Waals surface area contributed by atoms with Crippen LogP contribution < -0.4 is 10.2 Å². The number of hydrogen-bond donors (Lipinski definition) is 1. The van der Waals surface area contributed by atoms with Crippen LogP contribution in [0.4, 0.5) is 5.69 Å². The van der Waals surface area contributed by atoms with Gasteiger partial charge in [0.05, 0.1) is 0 Å². The van der Waals surface area contributed by atoms with Gasteiger partial charge in [-0.1, -0.05) is 32.0 Å². The molecule has 0 fully saturated rings. The molecule has 4 heteroatoms. The van der Waals surface area contributed by atoms with Crippen LogP contribution in [0.2, 0.25) is 0 Å². The van der Waals surface area contributed by atoms with Gasteiger partial charge in [0, 0.05) is 25.4 Å². The Bertz CT molecular complexity index is 497. The number of amides is 1. The topological polar surface area (TPSA) is 41.6 Å². The second-order valence-electron chi connectivity index (χ2n) is 5.70. The first-order valence-electron chi connectivity index (χ1n) is 7.76. The fourth-order valence-corrected chi connectivity index (χ4v) is 2.90. The number of hydrogen-bond acceptors (Lipinski definition) is 3. The molecular weight excluding hydrogens is 264 g/mol. The molecule has 4 nitrogen and oxygen atoms in total. The Balaban J connectivity index is 2.35. The summed E-state index contributed by atoms with van der Waals surface area (Å²) in [5, 5.41) is 3.50. The number of carbonyl (C=O) groups is 1. The fourth-order valence-electron chi connectivity index (χ4n) is 2.90. The van der Waals surface area contributed by atoms with Crippen LogP contribution in [0.25, 0.3) is 0 Å². The van der Waals surface area contributed by atoms with Crippen molar-refractivity contribution in [2.75, 3.05) is 25.1 Å². The Morgan fingerprint density at radius 3 is 2.76 bits per heavy atom. The van der Waals surface area contributed by atoms with E-state index in [0.717, 1.165) is 25.2 Å². The van der Waals surface area contributed by atoms with Crippen molar-refractivity contribution in [1.82, 2.24) is 5.32 Å². The largest absolute Gasteiger partial charge is 0.369 e. The molecule has 2 atom stereocenters. The van der Waals surface area contributed by atoms with Gasteiger partial charge in [-0.3, -0.25) is 4.79 Å². The number of nitrogens with zero attached hydrogens (tertiary/aromatic N) is 1. The molecule has 1 aromatic rings. The summed E-state index contributed by atoms with van der Waals surface area (Å²) in [7, 11) is 1.61. The molecule has 1 aliphatic heterocycles. The van der Waals surface area contributed by atoms with Crippen molar-refractivity contribution in [3.05, 3.63) is 29.8 Å². The minimum atomic E-state index is -0.752. The highest BCUT2D eigenvalue weighted by Crippen LogP contribution is 2.35. The average molecular weight is 290 g/mol. The number of benzene rings is 1. The highest BCUT2D eigenvalue weighted by atomic mass is 16.5. The van der Waals surface area contributed by atoms with Gasteiger partial charge in [0.15, 0.2) is 0 Å². The molecule has 0 radical (unpaired) electrons. The zero-order valence-corrected chi connectivity index (χ0v) is 13.5. The summed E-state index contributed by atoms with van der Waals surface area (Å²) in [6.07, 6.45) is 1.59. The molecule has 0 saturated heterocycles. The SMILES string of the molecule is CCNC1CCN(C(=O)C(C)(CC)OC)c2ccccc21. The molecule has 1 N–H and O–H groups in total. The van der Waals surface area contributed by atoms with Crippen LogP contribution in [0, 0.1) is 0 Å². The molecular formula is C17H26N2O2. The normalized spacial score (nSPS) is 20.8. The lowest BCUT2D eigenvalue weighted by molar-refractivity contribution is -0.139. The molecule has 116 valence electrons. The average Bonchev–Trinajstić information content (AvgIpc) is 2.54. The third-order valence-electron chi connectivity index (χ3n) is 4.52. The molecule has 1 aromatic carbocycles. The van der Waals surface area contributed by atoms with Crippen molar-refractivity contribution >= 4 is 11.6 Å². The minimum absolute atomic E-state index is 0.0508. The van der Waals surface area contributed by atoms with Crippen molar-refractivity contribution in [2.45, 2.75) is 45.3 Å². The van der Waals surface area contributed by atoms with Gasteiger partial charge in [-0.05, 0) is 37.9 Å². The summed E-state index contributed by atoms with van der Waals surface area (Å²) in [5.74, 6) is 0.0508. The summed E-state index contributed by atoms with van der Waals surface area (Å²) in [6.45, 7) is 7.62. The smallest absolute Gasteiger partial charge is 0.258 e. The van der Waals surface area contributed by atoms with E-state index >= 15 is 0 Å². The van der Waals surface area contributed by atoms with E-state index in [4.69, 9.17) is 4.74 Å². The van der Waals surface area contributed by atoms with Gasteiger partial charge in [0.25, 0.3) is 5.91 Å². The lowest BCUT2D eigenvalue weighted by Gasteiger charge is -2.39. The van der Waals surface area contributed by atoms with Crippen molar-refractivity contribution in [2.24, 2.45) is 0 Å². The number of methoxy groups -OCH3 is 1. The van der Waals surface area contributed by atoms with E-state index in [0.29, 0.717) is 12.5 Å². The number of para-hydroxylation sites is 1. The highest BCUT2D eigenvalue weighted by molar-refractivity contribution is 6.00. The zero-order chi connectivity index (χ0) is 15.5. The molecule has 2 rings (SSSR count). The van der Waals surface area contributed by atoms with Gasteiger partial charge in [-0.25, -0.2) is 0 Å². The van der Waals surface area contributed by atoms with E-state index in [1.807, 2.05) is 36.9 Å². The number of nitrogens with one attached hydrogen (secondary N) is 1. The molecule has 0 aliphatic carbocycles. The second-order valence-corrected chi connectivity index (χ2v) is 5.70. The third-order valence-corrected chi connectivity index (χ3v) is 4.52. The van der Waals surface area contributed by atoms with Crippen molar-refractivity contribution in [3.63, 3.8) is 0 Å². The van der Waals surface area contributed by atoms with E-state index in [2.05, 4.69) is 18.3 Å². The maximum absolute atomic E-state index is 12.9. The molecule has 1 amide bonds. The molecule has 21 heavy (non-hydrogen) atoms. The van der Waals surface area contributed by atoms with E-state index < -0.39 is 5.60 Å². The predicted octanol–water partition coefficient (Wildman–Crippen LogP) is 2.89. The first kappa shape index (κ1) is 16.0. The third kappa shape index (κ3) is 2.97. The molecule has 2 unspecified atom stereocenters. The van der Waals surface area contributed by atoms with E-state index in [1.54, 1.807) is 7.11 Å². The van der Waals surface area contributed by atoms with Crippen molar-refractivity contribution < 1.29 is 9.53 Å². The molecule has 1 heterocycles. The maximum Gasteiger partial charge on any atom is 0.258 e. The number of ether oxygens (including phenoxy) is 1. The fraction of sp³-hybridized carbons (Fsp3) is 0.588. The summed E-state index contributed by atoms with van der Waals surface area (Å²) < 4.78 is 5.48. The highest BCUT2D eigenvalue weighted by Gasteiger charge is 2.38. The monoisotopic (exact) mass is 290 g/mol.